The van der Waals surface area contributed by atoms with Crippen molar-refractivity contribution in [3.63, 3.8) is 0 Å². The Morgan fingerprint density at radius 2 is 1.75 bits per heavy atom. The van der Waals surface area contributed by atoms with Crippen LogP contribution in [0.25, 0.3) is 0 Å². The molecular formula is C19H20O5. The van der Waals surface area contributed by atoms with Crippen LogP contribution in [0.3, 0.4) is 0 Å². The zero-order valence-electron chi connectivity index (χ0n) is 14.0. The molecule has 24 heavy (non-hydrogen) atoms. The molecule has 5 nitrogen and oxygen atoms in total. The van der Waals surface area contributed by atoms with Crippen molar-refractivity contribution in [2.45, 2.75) is 17.9 Å². The second-order valence-electron chi connectivity index (χ2n) is 6.31. The third-order valence-corrected chi connectivity index (χ3v) is 5.00. The zero-order chi connectivity index (χ0) is 16.9. The van der Waals surface area contributed by atoms with Crippen LogP contribution in [0.5, 0.6) is 23.0 Å². The topological polar surface area (TPSA) is 57.2 Å². The highest BCUT2D eigenvalue weighted by Crippen LogP contribution is 2.53. The molecule has 2 aromatic carbocycles. The molecular weight excluding hydrogens is 308 g/mol. The quantitative estimate of drug-likeness (QED) is 0.938. The van der Waals surface area contributed by atoms with E-state index >= 15 is 0 Å². The molecule has 0 bridgehead atoms. The summed E-state index contributed by atoms with van der Waals surface area (Å²) in [6, 6.07) is 9.65. The normalized spacial score (nSPS) is 23.6. The Morgan fingerprint density at radius 1 is 1.00 bits per heavy atom. The maximum Gasteiger partial charge on any atom is 0.161 e. The summed E-state index contributed by atoms with van der Waals surface area (Å²) >= 11 is 0. The number of rotatable bonds is 3. The number of methoxy groups -OCH3 is 3. The molecule has 0 amide bonds. The molecule has 0 unspecified atom stereocenters. The van der Waals surface area contributed by atoms with Gasteiger partial charge in [-0.25, -0.2) is 0 Å². The van der Waals surface area contributed by atoms with Crippen molar-refractivity contribution < 1.29 is 24.1 Å². The minimum atomic E-state index is -0.957. The number of hydrogen-bond donors (Lipinski definition) is 1. The van der Waals surface area contributed by atoms with Gasteiger partial charge in [-0.15, -0.1) is 0 Å². The van der Waals surface area contributed by atoms with Gasteiger partial charge in [0.1, 0.15) is 23.7 Å². The largest absolute Gasteiger partial charge is 0.497 e. The number of fused-ring (bicyclic) bond motifs is 5. The van der Waals surface area contributed by atoms with Gasteiger partial charge in [0.05, 0.1) is 21.3 Å². The zero-order valence-corrected chi connectivity index (χ0v) is 14.0. The molecule has 5 heteroatoms. The molecule has 4 rings (SSSR count). The summed E-state index contributed by atoms with van der Waals surface area (Å²) in [6.07, 6.45) is 0.527. The Balaban J connectivity index is 1.88. The van der Waals surface area contributed by atoms with Crippen LogP contribution in [-0.2, 0) is 6.42 Å². The molecule has 1 N–H and O–H groups in total. The molecule has 1 aliphatic carbocycles. The molecule has 0 aromatic heterocycles. The summed E-state index contributed by atoms with van der Waals surface area (Å²) < 4.78 is 21.9. The van der Waals surface area contributed by atoms with Crippen LogP contribution in [0.4, 0.5) is 0 Å². The summed E-state index contributed by atoms with van der Waals surface area (Å²) in [5.74, 6) is 2.69. The summed E-state index contributed by atoms with van der Waals surface area (Å²) in [7, 11) is 4.86. The Hall–Kier alpha value is -2.40. The lowest BCUT2D eigenvalue weighted by atomic mass is 9.80. The van der Waals surface area contributed by atoms with Crippen LogP contribution < -0.4 is 18.9 Å². The first-order valence-electron chi connectivity index (χ1n) is 7.87. The monoisotopic (exact) mass is 328 g/mol. The van der Waals surface area contributed by atoms with Gasteiger partial charge in [-0.05, 0) is 29.3 Å². The van der Waals surface area contributed by atoms with E-state index in [1.54, 1.807) is 21.3 Å². The first kappa shape index (κ1) is 15.1. The fraction of sp³-hybridized carbons (Fsp3) is 0.368. The average Bonchev–Trinajstić information content (AvgIpc) is 2.91. The SMILES string of the molecule is COc1ccc2c(c1)OC[C@]1(O)Cc3cc(OC)c(OC)cc3[C@H]21. The summed E-state index contributed by atoms with van der Waals surface area (Å²) in [6.45, 7) is 0.247. The van der Waals surface area contributed by atoms with E-state index in [0.717, 1.165) is 28.2 Å². The molecule has 126 valence electrons. The van der Waals surface area contributed by atoms with Crippen molar-refractivity contribution in [3.05, 3.63) is 47.0 Å². The van der Waals surface area contributed by atoms with Gasteiger partial charge in [-0.2, -0.15) is 0 Å². The molecule has 2 atom stereocenters. The van der Waals surface area contributed by atoms with Crippen molar-refractivity contribution in [3.8, 4) is 23.0 Å². The van der Waals surface area contributed by atoms with Gasteiger partial charge in [0.25, 0.3) is 0 Å². The van der Waals surface area contributed by atoms with Crippen molar-refractivity contribution in [2.75, 3.05) is 27.9 Å². The standard InChI is InChI=1S/C19H20O5/c1-21-12-4-5-13-15(7-12)24-10-19(20)9-11-6-16(22-2)17(23-3)8-14(11)18(13)19/h4-8,18,20H,9-10H2,1-3H3/t18-,19+/m0/s1. The molecule has 0 saturated carbocycles. The van der Waals surface area contributed by atoms with Gasteiger partial charge in [0.2, 0.25) is 0 Å². The molecule has 2 aliphatic rings. The van der Waals surface area contributed by atoms with Gasteiger partial charge in [-0.1, -0.05) is 6.07 Å². The lowest BCUT2D eigenvalue weighted by Gasteiger charge is -2.36. The van der Waals surface area contributed by atoms with Gasteiger partial charge < -0.3 is 24.1 Å². The van der Waals surface area contributed by atoms with Crippen molar-refractivity contribution in [1.29, 1.82) is 0 Å². The highest BCUT2D eigenvalue weighted by Gasteiger charge is 2.50. The van der Waals surface area contributed by atoms with E-state index in [9.17, 15) is 5.11 Å². The van der Waals surface area contributed by atoms with E-state index in [2.05, 4.69) is 0 Å². The number of aliphatic hydroxyl groups is 1. The Morgan fingerprint density at radius 3 is 2.46 bits per heavy atom. The Bertz CT molecular complexity index is 801. The number of ether oxygens (including phenoxy) is 4. The lowest BCUT2D eigenvalue weighted by molar-refractivity contribution is -0.0218. The lowest BCUT2D eigenvalue weighted by Crippen LogP contribution is -2.43. The third kappa shape index (κ3) is 2.04. The van der Waals surface area contributed by atoms with E-state index in [0.29, 0.717) is 17.9 Å². The third-order valence-electron chi connectivity index (χ3n) is 5.00. The van der Waals surface area contributed by atoms with Crippen LogP contribution in [0.1, 0.15) is 22.6 Å². The maximum absolute atomic E-state index is 11.2. The molecule has 0 fully saturated rings. The molecule has 1 heterocycles. The van der Waals surface area contributed by atoms with Crippen molar-refractivity contribution >= 4 is 0 Å². The van der Waals surface area contributed by atoms with Gasteiger partial charge >= 0.3 is 0 Å². The molecule has 0 radical (unpaired) electrons. The van der Waals surface area contributed by atoms with Crippen LogP contribution in [0, 0.1) is 0 Å². The smallest absolute Gasteiger partial charge is 0.161 e. The number of benzene rings is 2. The first-order valence-corrected chi connectivity index (χ1v) is 7.87. The van der Waals surface area contributed by atoms with Gasteiger partial charge in [0, 0.05) is 24.0 Å². The predicted octanol–water partition coefficient (Wildman–Crippen LogP) is 2.52. The average molecular weight is 328 g/mol. The van der Waals surface area contributed by atoms with Crippen LogP contribution in [-0.4, -0.2) is 38.6 Å². The van der Waals surface area contributed by atoms with E-state index < -0.39 is 5.60 Å². The molecule has 0 saturated heterocycles. The van der Waals surface area contributed by atoms with E-state index in [1.165, 1.54) is 0 Å². The van der Waals surface area contributed by atoms with E-state index in [-0.39, 0.29) is 12.5 Å². The molecule has 0 spiro atoms. The predicted molar refractivity (Wildman–Crippen MR) is 88.5 cm³/mol. The maximum atomic E-state index is 11.2. The summed E-state index contributed by atoms with van der Waals surface area (Å²) in [4.78, 5) is 0. The minimum Gasteiger partial charge on any atom is -0.497 e. The highest BCUT2D eigenvalue weighted by atomic mass is 16.5. The van der Waals surface area contributed by atoms with Gasteiger partial charge in [0.15, 0.2) is 11.5 Å². The Kier molecular flexibility index (Phi) is 3.35. The first-order chi connectivity index (χ1) is 11.6. The Labute approximate surface area is 140 Å². The second-order valence-corrected chi connectivity index (χ2v) is 6.31. The van der Waals surface area contributed by atoms with Gasteiger partial charge in [-0.3, -0.25) is 0 Å². The molecule has 1 aliphatic heterocycles. The minimum absolute atomic E-state index is 0.151. The fourth-order valence-corrected chi connectivity index (χ4v) is 3.88. The van der Waals surface area contributed by atoms with Crippen molar-refractivity contribution in [2.24, 2.45) is 0 Å². The van der Waals surface area contributed by atoms with Crippen LogP contribution in [0.15, 0.2) is 30.3 Å². The van der Waals surface area contributed by atoms with E-state index in [4.69, 9.17) is 18.9 Å². The highest BCUT2D eigenvalue weighted by molar-refractivity contribution is 5.59. The van der Waals surface area contributed by atoms with Crippen molar-refractivity contribution in [1.82, 2.24) is 0 Å². The fourth-order valence-electron chi connectivity index (χ4n) is 3.88. The number of hydrogen-bond acceptors (Lipinski definition) is 5. The van der Waals surface area contributed by atoms with E-state index in [1.807, 2.05) is 30.3 Å². The summed E-state index contributed by atoms with van der Waals surface area (Å²) in [5.41, 5.74) is 2.13. The van der Waals surface area contributed by atoms with Crippen LogP contribution in [0.2, 0.25) is 0 Å². The summed E-state index contributed by atoms with van der Waals surface area (Å²) in [5, 5.41) is 11.2. The van der Waals surface area contributed by atoms with Crippen LogP contribution >= 0.6 is 0 Å². The molecule has 2 aromatic rings. The second kappa shape index (κ2) is 5.31.